The number of hydrogen-bond donors (Lipinski definition) is 3. The van der Waals surface area contributed by atoms with Crippen LogP contribution in [0.1, 0.15) is 35.7 Å². The fourth-order valence-electron chi connectivity index (χ4n) is 2.21. The molecule has 0 aliphatic heterocycles. The fraction of sp³-hybridized carbons (Fsp3) is 0.211. The average Bonchev–Trinajstić information content (AvgIpc) is 2.60. The van der Waals surface area contributed by atoms with Crippen LogP contribution < -0.4 is 16.0 Å². The highest BCUT2D eigenvalue weighted by Gasteiger charge is 2.11. The number of halogens is 2. The molecule has 8 heteroatoms. The van der Waals surface area contributed by atoms with Gasteiger partial charge in [0.1, 0.15) is 0 Å². The first-order valence-electron chi connectivity index (χ1n) is 8.28. The summed E-state index contributed by atoms with van der Waals surface area (Å²) < 4.78 is 0. The van der Waals surface area contributed by atoms with Crippen LogP contribution in [0.25, 0.3) is 0 Å². The zero-order chi connectivity index (χ0) is 20.0. The Hall–Kier alpha value is -2.15. The Morgan fingerprint density at radius 2 is 1.78 bits per heavy atom. The molecule has 2 amide bonds. The van der Waals surface area contributed by atoms with Crippen LogP contribution in [0.5, 0.6) is 0 Å². The van der Waals surface area contributed by atoms with Gasteiger partial charge in [0.05, 0.1) is 10.7 Å². The molecule has 0 saturated heterocycles. The molecule has 0 spiro atoms. The number of benzene rings is 2. The lowest BCUT2D eigenvalue weighted by molar-refractivity contribution is -0.116. The lowest BCUT2D eigenvalue weighted by Crippen LogP contribution is -2.34. The number of hydrogen-bond acceptors (Lipinski definition) is 3. The van der Waals surface area contributed by atoms with Crippen LogP contribution in [0.3, 0.4) is 0 Å². The number of rotatable bonds is 5. The molecule has 5 nitrogen and oxygen atoms in total. The van der Waals surface area contributed by atoms with Gasteiger partial charge in [-0.1, -0.05) is 36.2 Å². The van der Waals surface area contributed by atoms with Gasteiger partial charge in [-0.05, 0) is 61.5 Å². The molecule has 0 aromatic heterocycles. The molecule has 0 atom stereocenters. The third kappa shape index (κ3) is 6.20. The smallest absolute Gasteiger partial charge is 0.257 e. The monoisotopic (exact) mass is 423 g/mol. The highest BCUT2D eigenvalue weighted by atomic mass is 35.5. The van der Waals surface area contributed by atoms with Gasteiger partial charge in [0.2, 0.25) is 5.91 Å². The topological polar surface area (TPSA) is 70.2 Å². The van der Waals surface area contributed by atoms with E-state index < -0.39 is 5.91 Å². The second-order valence-electron chi connectivity index (χ2n) is 5.87. The summed E-state index contributed by atoms with van der Waals surface area (Å²) in [6.45, 7) is 3.78. The average molecular weight is 424 g/mol. The highest BCUT2D eigenvalue weighted by Crippen LogP contribution is 2.26. The minimum absolute atomic E-state index is 0.0793. The first-order valence-corrected chi connectivity index (χ1v) is 9.44. The minimum atomic E-state index is -0.391. The summed E-state index contributed by atoms with van der Waals surface area (Å²) in [5, 5.41) is 9.20. The van der Waals surface area contributed by atoms with E-state index >= 15 is 0 Å². The van der Waals surface area contributed by atoms with Crippen molar-refractivity contribution in [1.82, 2.24) is 5.32 Å². The van der Waals surface area contributed by atoms with Gasteiger partial charge >= 0.3 is 0 Å². The molecule has 0 radical (unpaired) electrons. The molecular formula is C19H19Cl2N3O2S. The number of carbonyl (C=O) groups is 2. The van der Waals surface area contributed by atoms with Crippen LogP contribution in [0, 0.1) is 6.92 Å². The van der Waals surface area contributed by atoms with Gasteiger partial charge in [0, 0.05) is 22.7 Å². The molecule has 142 valence electrons. The summed E-state index contributed by atoms with van der Waals surface area (Å²) in [6.07, 6.45) is 1.18. The van der Waals surface area contributed by atoms with E-state index in [2.05, 4.69) is 16.0 Å². The molecule has 0 aliphatic rings. The molecule has 2 aromatic rings. The Labute approximate surface area is 173 Å². The maximum absolute atomic E-state index is 12.3. The van der Waals surface area contributed by atoms with Crippen molar-refractivity contribution in [2.45, 2.75) is 26.7 Å². The third-order valence-electron chi connectivity index (χ3n) is 3.64. The van der Waals surface area contributed by atoms with Gasteiger partial charge in [0.15, 0.2) is 5.11 Å². The molecule has 0 heterocycles. The van der Waals surface area contributed by atoms with Crippen molar-refractivity contribution in [3.8, 4) is 0 Å². The summed E-state index contributed by atoms with van der Waals surface area (Å²) >= 11 is 17.4. The van der Waals surface area contributed by atoms with E-state index in [0.29, 0.717) is 33.4 Å². The van der Waals surface area contributed by atoms with Gasteiger partial charge in [-0.15, -0.1) is 0 Å². The molecule has 0 saturated carbocycles. The second kappa shape index (κ2) is 9.69. The maximum atomic E-state index is 12.3. The number of nitrogens with one attached hydrogen (secondary N) is 3. The van der Waals surface area contributed by atoms with Crippen molar-refractivity contribution in [1.29, 1.82) is 0 Å². The molecule has 0 bridgehead atoms. The van der Waals surface area contributed by atoms with Gasteiger partial charge in [0.25, 0.3) is 5.91 Å². The Morgan fingerprint density at radius 3 is 2.44 bits per heavy atom. The molecule has 2 aromatic carbocycles. The van der Waals surface area contributed by atoms with Crippen LogP contribution in [0.4, 0.5) is 11.4 Å². The van der Waals surface area contributed by atoms with Crippen molar-refractivity contribution < 1.29 is 9.59 Å². The van der Waals surface area contributed by atoms with E-state index in [1.807, 2.05) is 13.8 Å². The van der Waals surface area contributed by atoms with Crippen LogP contribution in [0.15, 0.2) is 36.4 Å². The Kier molecular flexibility index (Phi) is 7.59. The van der Waals surface area contributed by atoms with Crippen LogP contribution in [-0.2, 0) is 4.79 Å². The molecule has 0 aliphatic carbocycles. The third-order valence-corrected chi connectivity index (χ3v) is 4.58. The first kappa shape index (κ1) is 21.2. The molecule has 3 N–H and O–H groups in total. The van der Waals surface area contributed by atoms with Crippen molar-refractivity contribution in [2.75, 3.05) is 10.6 Å². The Bertz CT molecular complexity index is 887. The van der Waals surface area contributed by atoms with E-state index in [-0.39, 0.29) is 11.0 Å². The summed E-state index contributed by atoms with van der Waals surface area (Å²) in [5.74, 6) is -0.476. The van der Waals surface area contributed by atoms with Gasteiger partial charge < -0.3 is 10.6 Å². The van der Waals surface area contributed by atoms with Gasteiger partial charge in [-0.25, -0.2) is 0 Å². The largest absolute Gasteiger partial charge is 0.331 e. The summed E-state index contributed by atoms with van der Waals surface area (Å²) in [5.41, 5.74) is 2.32. The first-order chi connectivity index (χ1) is 12.8. The summed E-state index contributed by atoms with van der Waals surface area (Å²) in [4.78, 5) is 24.0. The van der Waals surface area contributed by atoms with E-state index in [9.17, 15) is 9.59 Å². The van der Waals surface area contributed by atoms with Crippen molar-refractivity contribution in [3.63, 3.8) is 0 Å². The van der Waals surface area contributed by atoms with Crippen molar-refractivity contribution >= 4 is 63.7 Å². The summed E-state index contributed by atoms with van der Waals surface area (Å²) in [6, 6.07) is 9.97. The molecule has 0 unspecified atom stereocenters. The number of carbonyl (C=O) groups excluding carboxylic acids is 2. The standard InChI is InChI=1S/C19H19Cl2N3O2S/c1-3-4-17(25)22-13-7-8-14(20)16(10-13)23-19(27)24-18(26)12-6-5-11(2)15(21)9-12/h5-10H,3-4H2,1-2H3,(H,22,25)(H2,23,24,26,27). The zero-order valence-corrected chi connectivity index (χ0v) is 17.2. The van der Waals surface area contributed by atoms with E-state index in [1.165, 1.54) is 0 Å². The molecular weight excluding hydrogens is 405 g/mol. The Balaban J connectivity index is 2.05. The van der Waals surface area contributed by atoms with E-state index in [4.69, 9.17) is 35.4 Å². The van der Waals surface area contributed by atoms with E-state index in [0.717, 1.165) is 12.0 Å². The Morgan fingerprint density at radius 1 is 1.04 bits per heavy atom. The normalized spacial score (nSPS) is 10.2. The fourth-order valence-corrected chi connectivity index (χ4v) is 2.76. The number of anilines is 2. The number of aryl methyl sites for hydroxylation is 1. The van der Waals surface area contributed by atoms with Crippen LogP contribution in [-0.4, -0.2) is 16.9 Å². The lowest BCUT2D eigenvalue weighted by atomic mass is 10.1. The van der Waals surface area contributed by atoms with Crippen molar-refractivity contribution in [3.05, 3.63) is 57.6 Å². The van der Waals surface area contributed by atoms with Crippen LogP contribution >= 0.6 is 35.4 Å². The summed E-state index contributed by atoms with van der Waals surface area (Å²) in [7, 11) is 0. The van der Waals surface area contributed by atoms with Crippen LogP contribution in [0.2, 0.25) is 10.0 Å². The molecule has 27 heavy (non-hydrogen) atoms. The predicted molar refractivity (Wildman–Crippen MR) is 115 cm³/mol. The molecule has 2 rings (SSSR count). The minimum Gasteiger partial charge on any atom is -0.331 e. The number of thiocarbonyl (C=S) groups is 1. The SMILES string of the molecule is CCCC(=O)Nc1ccc(Cl)c(NC(=S)NC(=O)c2ccc(C)c(Cl)c2)c1. The number of amides is 2. The quantitative estimate of drug-likeness (QED) is 0.580. The maximum Gasteiger partial charge on any atom is 0.257 e. The lowest BCUT2D eigenvalue weighted by Gasteiger charge is -2.13. The van der Waals surface area contributed by atoms with Gasteiger partial charge in [-0.3, -0.25) is 14.9 Å². The molecule has 0 fully saturated rings. The van der Waals surface area contributed by atoms with E-state index in [1.54, 1.807) is 36.4 Å². The second-order valence-corrected chi connectivity index (χ2v) is 7.09. The van der Waals surface area contributed by atoms with Gasteiger partial charge in [-0.2, -0.15) is 0 Å². The predicted octanol–water partition coefficient (Wildman–Crippen LogP) is 5.17. The zero-order valence-electron chi connectivity index (χ0n) is 14.9. The van der Waals surface area contributed by atoms with Crippen molar-refractivity contribution in [2.24, 2.45) is 0 Å². The highest BCUT2D eigenvalue weighted by molar-refractivity contribution is 7.80.